The van der Waals surface area contributed by atoms with Gasteiger partial charge in [0.25, 0.3) is 5.69 Å². The van der Waals surface area contributed by atoms with Gasteiger partial charge in [-0.25, -0.2) is 8.78 Å². The highest BCUT2D eigenvalue weighted by atomic mass is 19.1. The van der Waals surface area contributed by atoms with Crippen molar-refractivity contribution >= 4 is 17.3 Å². The number of halogens is 2. The Labute approximate surface area is 112 Å². The van der Waals surface area contributed by atoms with Gasteiger partial charge in [0.15, 0.2) is 11.6 Å². The molecule has 0 radical (unpaired) electrons. The molecule has 2 rings (SSSR count). The highest BCUT2D eigenvalue weighted by Crippen LogP contribution is 2.37. The van der Waals surface area contributed by atoms with Crippen LogP contribution in [0.5, 0.6) is 0 Å². The first kappa shape index (κ1) is 14.2. The van der Waals surface area contributed by atoms with Gasteiger partial charge >= 0.3 is 5.97 Å². The van der Waals surface area contributed by atoms with E-state index in [9.17, 15) is 23.7 Å². The summed E-state index contributed by atoms with van der Waals surface area (Å²) in [6.45, 7) is 1.62. The van der Waals surface area contributed by atoms with Crippen LogP contribution < -0.4 is 4.90 Å². The lowest BCUT2D eigenvalue weighted by atomic mass is 9.90. The zero-order valence-electron chi connectivity index (χ0n) is 10.6. The van der Waals surface area contributed by atoms with Crippen molar-refractivity contribution in [2.45, 2.75) is 13.3 Å². The largest absolute Gasteiger partial charge is 0.481 e. The van der Waals surface area contributed by atoms with E-state index in [1.54, 1.807) is 0 Å². The molecule has 6 nitrogen and oxygen atoms in total. The fourth-order valence-electron chi connectivity index (χ4n) is 2.29. The lowest BCUT2D eigenvalue weighted by Crippen LogP contribution is -2.32. The van der Waals surface area contributed by atoms with Gasteiger partial charge in [-0.05, 0) is 13.3 Å². The summed E-state index contributed by atoms with van der Waals surface area (Å²) in [4.78, 5) is 22.0. The Morgan fingerprint density at radius 2 is 2.00 bits per heavy atom. The summed E-state index contributed by atoms with van der Waals surface area (Å²) in [5.74, 6) is -3.17. The van der Waals surface area contributed by atoms with E-state index in [2.05, 4.69) is 0 Å². The maximum atomic E-state index is 13.8. The Morgan fingerprint density at radius 3 is 2.40 bits per heavy atom. The molecule has 1 heterocycles. The maximum absolute atomic E-state index is 13.8. The molecule has 0 bridgehead atoms. The number of anilines is 1. The normalized spacial score (nSPS) is 22.1. The fourth-order valence-corrected chi connectivity index (χ4v) is 2.29. The molecule has 8 heteroatoms. The Balaban J connectivity index is 2.36. The Bertz CT molecular complexity index is 570. The van der Waals surface area contributed by atoms with Crippen molar-refractivity contribution in [3.63, 3.8) is 0 Å². The lowest BCUT2D eigenvalue weighted by molar-refractivity contribution is -0.385. The van der Waals surface area contributed by atoms with E-state index in [1.807, 2.05) is 0 Å². The molecule has 20 heavy (non-hydrogen) atoms. The summed E-state index contributed by atoms with van der Waals surface area (Å²) in [6, 6.07) is 1.27. The van der Waals surface area contributed by atoms with E-state index in [0.717, 1.165) is 0 Å². The number of rotatable bonds is 3. The van der Waals surface area contributed by atoms with Gasteiger partial charge in [0.05, 0.1) is 22.5 Å². The Hall–Kier alpha value is -2.25. The Morgan fingerprint density at radius 1 is 1.45 bits per heavy atom. The molecule has 1 unspecified atom stereocenters. The predicted molar refractivity (Wildman–Crippen MR) is 65.6 cm³/mol. The molecule has 1 fully saturated rings. The smallest absolute Gasteiger partial charge is 0.311 e. The molecule has 0 aliphatic carbocycles. The predicted octanol–water partition coefficient (Wildman–Crippen LogP) is 2.17. The SMILES string of the molecule is CC1(C(=O)O)CCN(c2c(F)cc([N+](=O)[O-])cc2F)C1. The van der Waals surface area contributed by atoms with Crippen molar-refractivity contribution in [2.24, 2.45) is 5.41 Å². The molecule has 0 aromatic heterocycles. The van der Waals surface area contributed by atoms with Crippen molar-refractivity contribution in [1.29, 1.82) is 0 Å². The molecule has 1 aromatic carbocycles. The van der Waals surface area contributed by atoms with Crippen LogP contribution in [0.4, 0.5) is 20.2 Å². The minimum Gasteiger partial charge on any atom is -0.481 e. The number of carbonyl (C=O) groups is 1. The summed E-state index contributed by atoms with van der Waals surface area (Å²) < 4.78 is 27.7. The highest BCUT2D eigenvalue weighted by Gasteiger charge is 2.42. The standard InChI is InChI=1S/C12H12F2N2O4/c1-12(11(17)18)2-3-15(6-12)10-8(13)4-7(16(19)20)5-9(10)14/h4-5H,2-3,6H2,1H3,(H,17,18). The van der Waals surface area contributed by atoms with Crippen LogP contribution in [0.25, 0.3) is 0 Å². The van der Waals surface area contributed by atoms with Gasteiger partial charge in [0.2, 0.25) is 0 Å². The van der Waals surface area contributed by atoms with Crippen LogP contribution in [0.15, 0.2) is 12.1 Å². The third-order valence-corrected chi connectivity index (χ3v) is 3.52. The van der Waals surface area contributed by atoms with E-state index in [4.69, 9.17) is 5.11 Å². The van der Waals surface area contributed by atoms with Crippen molar-refractivity contribution < 1.29 is 23.6 Å². The van der Waals surface area contributed by atoms with Gasteiger partial charge in [-0.3, -0.25) is 14.9 Å². The third kappa shape index (κ3) is 2.28. The number of nitro benzene ring substituents is 1. The first-order chi connectivity index (χ1) is 9.24. The number of nitrogens with zero attached hydrogens (tertiary/aromatic N) is 2. The van der Waals surface area contributed by atoms with E-state index >= 15 is 0 Å². The van der Waals surface area contributed by atoms with Gasteiger partial charge in [-0.1, -0.05) is 0 Å². The third-order valence-electron chi connectivity index (χ3n) is 3.52. The van der Waals surface area contributed by atoms with Gasteiger partial charge in [0.1, 0.15) is 5.69 Å². The lowest BCUT2D eigenvalue weighted by Gasteiger charge is -2.22. The molecule has 0 amide bonds. The molecule has 0 saturated carbocycles. The van der Waals surface area contributed by atoms with Crippen LogP contribution in [-0.4, -0.2) is 29.1 Å². The summed E-state index contributed by atoms with van der Waals surface area (Å²) in [5, 5.41) is 19.6. The first-order valence-electron chi connectivity index (χ1n) is 5.86. The molecular weight excluding hydrogens is 274 g/mol. The van der Waals surface area contributed by atoms with Gasteiger partial charge in [-0.2, -0.15) is 0 Å². The molecule has 1 saturated heterocycles. The number of carboxylic acids is 1. The average Bonchev–Trinajstić information content (AvgIpc) is 2.72. The number of non-ortho nitro benzene ring substituents is 1. The maximum Gasteiger partial charge on any atom is 0.311 e. The molecule has 1 aliphatic rings. The minimum absolute atomic E-state index is 0.0476. The van der Waals surface area contributed by atoms with Crippen molar-refractivity contribution in [3.05, 3.63) is 33.9 Å². The average molecular weight is 286 g/mol. The van der Waals surface area contributed by atoms with E-state index in [1.165, 1.54) is 11.8 Å². The highest BCUT2D eigenvalue weighted by molar-refractivity contribution is 5.76. The topological polar surface area (TPSA) is 83.7 Å². The van der Waals surface area contributed by atoms with E-state index < -0.39 is 39.3 Å². The van der Waals surface area contributed by atoms with Gasteiger partial charge in [-0.15, -0.1) is 0 Å². The van der Waals surface area contributed by atoms with E-state index in [0.29, 0.717) is 12.1 Å². The second-order valence-corrected chi connectivity index (χ2v) is 5.05. The minimum atomic E-state index is -1.08. The molecule has 1 aliphatic heterocycles. The summed E-state index contributed by atoms with van der Waals surface area (Å²) in [7, 11) is 0. The monoisotopic (exact) mass is 286 g/mol. The summed E-state index contributed by atoms with van der Waals surface area (Å²) in [6.07, 6.45) is 0.248. The molecule has 1 aromatic rings. The molecular formula is C12H12F2N2O4. The van der Waals surface area contributed by atoms with Crippen molar-refractivity contribution in [1.82, 2.24) is 0 Å². The Kier molecular flexibility index (Phi) is 3.33. The number of hydrogen-bond donors (Lipinski definition) is 1. The van der Waals surface area contributed by atoms with Crippen LogP contribution in [0.1, 0.15) is 13.3 Å². The number of nitro groups is 1. The number of carboxylic acid groups (broad SMARTS) is 1. The molecule has 1 N–H and O–H groups in total. The second kappa shape index (κ2) is 4.69. The summed E-state index contributed by atoms with van der Waals surface area (Å²) in [5.41, 5.74) is -2.18. The number of aliphatic carboxylic acids is 1. The number of hydrogen-bond acceptors (Lipinski definition) is 4. The zero-order valence-corrected chi connectivity index (χ0v) is 10.6. The van der Waals surface area contributed by atoms with Crippen LogP contribution in [0.3, 0.4) is 0 Å². The quantitative estimate of drug-likeness (QED) is 0.680. The number of benzene rings is 1. The van der Waals surface area contributed by atoms with Crippen LogP contribution in [0, 0.1) is 27.2 Å². The van der Waals surface area contributed by atoms with Crippen LogP contribution in [-0.2, 0) is 4.79 Å². The second-order valence-electron chi connectivity index (χ2n) is 5.05. The van der Waals surface area contributed by atoms with Gasteiger partial charge < -0.3 is 10.0 Å². The summed E-state index contributed by atoms with van der Waals surface area (Å²) >= 11 is 0. The van der Waals surface area contributed by atoms with Crippen molar-refractivity contribution in [3.8, 4) is 0 Å². The fraction of sp³-hybridized carbons (Fsp3) is 0.417. The molecule has 0 spiro atoms. The van der Waals surface area contributed by atoms with Crippen molar-refractivity contribution in [2.75, 3.05) is 18.0 Å². The van der Waals surface area contributed by atoms with E-state index in [-0.39, 0.29) is 19.5 Å². The molecule has 108 valence electrons. The van der Waals surface area contributed by atoms with Gasteiger partial charge in [0, 0.05) is 13.1 Å². The zero-order chi connectivity index (χ0) is 15.1. The first-order valence-corrected chi connectivity index (χ1v) is 5.86. The van der Waals surface area contributed by atoms with Crippen LogP contribution >= 0.6 is 0 Å². The van der Waals surface area contributed by atoms with Crippen LogP contribution in [0.2, 0.25) is 0 Å². The molecule has 1 atom stereocenters.